The van der Waals surface area contributed by atoms with E-state index in [1.165, 1.54) is 6.20 Å². The molecule has 0 fully saturated rings. The molecule has 4 nitrogen and oxygen atoms in total. The van der Waals surface area contributed by atoms with Crippen LogP contribution in [0.15, 0.2) is 11.2 Å². The van der Waals surface area contributed by atoms with Gasteiger partial charge in [0.05, 0.1) is 17.7 Å². The summed E-state index contributed by atoms with van der Waals surface area (Å²) in [5.41, 5.74) is 0. The average molecular weight is 172 g/mol. The topological polar surface area (TPSA) is 55.2 Å². The molecule has 1 N–H and O–H groups in total. The number of nitrogens with one attached hydrogen (secondary N) is 1. The Hall–Kier alpha value is -1.15. The Labute approximate surface area is 69.2 Å². The number of hydrogen-bond donors (Lipinski definition) is 1. The van der Waals surface area contributed by atoms with Crippen molar-refractivity contribution in [3.63, 3.8) is 0 Å². The van der Waals surface area contributed by atoms with Crippen LogP contribution >= 0.6 is 11.8 Å². The van der Waals surface area contributed by atoms with Crippen molar-refractivity contribution in [1.29, 1.82) is 0 Å². The summed E-state index contributed by atoms with van der Waals surface area (Å²) in [6, 6.07) is 0. The SMILES string of the molecule is C#CCNC=C(SC)[N+](=O)[O-]. The molecule has 0 spiro atoms. The van der Waals surface area contributed by atoms with Gasteiger partial charge in [0.1, 0.15) is 0 Å². The van der Waals surface area contributed by atoms with Crippen LogP contribution in [-0.2, 0) is 0 Å². The van der Waals surface area contributed by atoms with Crippen LogP contribution in [0.3, 0.4) is 0 Å². The number of terminal acetylenes is 1. The van der Waals surface area contributed by atoms with Crippen LogP contribution in [0.4, 0.5) is 0 Å². The van der Waals surface area contributed by atoms with E-state index in [0.717, 1.165) is 11.8 Å². The van der Waals surface area contributed by atoms with E-state index in [1.807, 2.05) is 0 Å². The maximum Gasteiger partial charge on any atom is 0.318 e. The third-order valence-electron chi connectivity index (χ3n) is 0.819. The molecule has 0 aliphatic heterocycles. The van der Waals surface area contributed by atoms with Crippen molar-refractivity contribution >= 4 is 11.8 Å². The lowest BCUT2D eigenvalue weighted by atomic mass is 10.7. The zero-order valence-corrected chi connectivity index (χ0v) is 6.85. The van der Waals surface area contributed by atoms with Crippen molar-refractivity contribution in [2.45, 2.75) is 0 Å². The van der Waals surface area contributed by atoms with Crippen LogP contribution in [0, 0.1) is 22.5 Å². The van der Waals surface area contributed by atoms with Crippen molar-refractivity contribution in [2.75, 3.05) is 12.8 Å². The zero-order chi connectivity index (χ0) is 8.69. The average Bonchev–Trinajstić information content (AvgIpc) is 1.97. The molecule has 0 amide bonds. The van der Waals surface area contributed by atoms with E-state index in [-0.39, 0.29) is 5.03 Å². The lowest BCUT2D eigenvalue weighted by Crippen LogP contribution is -2.07. The highest BCUT2D eigenvalue weighted by Crippen LogP contribution is 2.09. The first-order chi connectivity index (χ1) is 5.22. The van der Waals surface area contributed by atoms with Gasteiger partial charge in [0.2, 0.25) is 0 Å². The zero-order valence-electron chi connectivity index (χ0n) is 6.03. The highest BCUT2D eigenvalue weighted by Gasteiger charge is 2.05. The fourth-order valence-electron chi connectivity index (χ4n) is 0.383. The van der Waals surface area contributed by atoms with Crippen molar-refractivity contribution in [1.82, 2.24) is 5.32 Å². The molecule has 0 rings (SSSR count). The maximum atomic E-state index is 10.1. The molecular formula is C6H8N2O2S. The van der Waals surface area contributed by atoms with Crippen LogP contribution < -0.4 is 5.32 Å². The highest BCUT2D eigenvalue weighted by molar-refractivity contribution is 8.02. The number of rotatable bonds is 4. The minimum absolute atomic E-state index is 0.0558. The van der Waals surface area contributed by atoms with Gasteiger partial charge in [-0.3, -0.25) is 10.1 Å². The molecule has 0 aliphatic rings. The second-order valence-electron chi connectivity index (χ2n) is 1.53. The molecule has 0 aromatic carbocycles. The summed E-state index contributed by atoms with van der Waals surface area (Å²) in [6.45, 7) is 0.303. The molecule has 0 heterocycles. The smallest absolute Gasteiger partial charge is 0.318 e. The van der Waals surface area contributed by atoms with Gasteiger partial charge < -0.3 is 5.32 Å². The van der Waals surface area contributed by atoms with Crippen LogP contribution in [0.25, 0.3) is 0 Å². The molecular weight excluding hydrogens is 164 g/mol. The molecule has 0 aromatic rings. The minimum Gasteiger partial charge on any atom is -0.374 e. The second-order valence-corrected chi connectivity index (χ2v) is 2.36. The van der Waals surface area contributed by atoms with E-state index in [0.29, 0.717) is 6.54 Å². The summed E-state index contributed by atoms with van der Waals surface area (Å²) >= 11 is 1.06. The minimum atomic E-state index is -0.464. The van der Waals surface area contributed by atoms with Gasteiger partial charge >= 0.3 is 5.03 Å². The third kappa shape index (κ3) is 4.28. The van der Waals surface area contributed by atoms with Gasteiger partial charge in [-0.1, -0.05) is 17.7 Å². The van der Waals surface area contributed by atoms with E-state index in [1.54, 1.807) is 6.26 Å². The van der Waals surface area contributed by atoms with Gasteiger partial charge in [0, 0.05) is 0 Å². The third-order valence-corrected chi connectivity index (χ3v) is 1.50. The molecule has 11 heavy (non-hydrogen) atoms. The first-order valence-corrected chi connectivity index (χ1v) is 4.00. The molecule has 5 heteroatoms. The molecule has 0 aromatic heterocycles. The number of nitrogens with zero attached hydrogens (tertiary/aromatic N) is 1. The van der Waals surface area contributed by atoms with Gasteiger partial charge in [-0.05, 0) is 6.26 Å². The Balaban J connectivity index is 3.93. The number of thioether (sulfide) groups is 1. The van der Waals surface area contributed by atoms with Crippen molar-refractivity contribution in [3.8, 4) is 12.3 Å². The Kier molecular flexibility index (Phi) is 5.03. The quantitative estimate of drug-likeness (QED) is 0.293. The molecule has 0 saturated carbocycles. The first-order valence-electron chi connectivity index (χ1n) is 2.77. The van der Waals surface area contributed by atoms with Crippen LogP contribution in [0.1, 0.15) is 0 Å². The molecule has 0 radical (unpaired) electrons. The van der Waals surface area contributed by atoms with Gasteiger partial charge in [-0.15, -0.1) is 6.42 Å². The highest BCUT2D eigenvalue weighted by atomic mass is 32.2. The summed E-state index contributed by atoms with van der Waals surface area (Å²) in [4.78, 5) is 9.69. The van der Waals surface area contributed by atoms with Gasteiger partial charge in [0.15, 0.2) is 0 Å². The fourth-order valence-corrected chi connectivity index (χ4v) is 0.734. The lowest BCUT2D eigenvalue weighted by Gasteiger charge is -1.93. The van der Waals surface area contributed by atoms with Gasteiger partial charge in [-0.25, -0.2) is 0 Å². The van der Waals surface area contributed by atoms with Crippen molar-refractivity contribution in [2.24, 2.45) is 0 Å². The Morgan fingerprint density at radius 1 is 2.00 bits per heavy atom. The van der Waals surface area contributed by atoms with Crippen LogP contribution in [0.2, 0.25) is 0 Å². The largest absolute Gasteiger partial charge is 0.374 e. The Bertz CT molecular complexity index is 207. The van der Waals surface area contributed by atoms with E-state index in [9.17, 15) is 10.1 Å². The molecule has 0 bridgehead atoms. The van der Waals surface area contributed by atoms with E-state index in [2.05, 4.69) is 11.2 Å². The summed E-state index contributed by atoms with van der Waals surface area (Å²) < 4.78 is 0. The Morgan fingerprint density at radius 2 is 2.64 bits per heavy atom. The van der Waals surface area contributed by atoms with E-state index < -0.39 is 4.92 Å². The molecule has 0 atom stereocenters. The number of nitro groups is 1. The molecule has 0 saturated heterocycles. The molecule has 0 aliphatic carbocycles. The standard InChI is InChI=1S/C6H8N2O2S/c1-3-4-7-5-6(11-2)8(9)10/h1,5,7H,4H2,2H3. The van der Waals surface area contributed by atoms with Crippen molar-refractivity contribution < 1.29 is 4.92 Å². The molecule has 0 unspecified atom stereocenters. The first kappa shape index (κ1) is 9.85. The van der Waals surface area contributed by atoms with E-state index in [4.69, 9.17) is 6.42 Å². The Morgan fingerprint density at radius 3 is 3.00 bits per heavy atom. The summed E-state index contributed by atoms with van der Waals surface area (Å²) in [5.74, 6) is 2.30. The van der Waals surface area contributed by atoms with Crippen LogP contribution in [-0.4, -0.2) is 17.7 Å². The summed E-state index contributed by atoms with van der Waals surface area (Å²) in [7, 11) is 0. The van der Waals surface area contributed by atoms with Gasteiger partial charge in [-0.2, -0.15) is 0 Å². The van der Waals surface area contributed by atoms with Gasteiger partial charge in [0.25, 0.3) is 0 Å². The monoisotopic (exact) mass is 172 g/mol. The predicted molar refractivity (Wildman–Crippen MR) is 45.4 cm³/mol. The maximum absolute atomic E-state index is 10.1. The normalized spacial score (nSPS) is 10.4. The number of hydrogen-bond acceptors (Lipinski definition) is 4. The summed E-state index contributed by atoms with van der Waals surface area (Å²) in [6.07, 6.45) is 7.84. The summed E-state index contributed by atoms with van der Waals surface area (Å²) in [5, 5.41) is 12.8. The predicted octanol–water partition coefficient (Wildman–Crippen LogP) is 0.648. The fraction of sp³-hybridized carbons (Fsp3) is 0.333. The van der Waals surface area contributed by atoms with Crippen molar-refractivity contribution in [3.05, 3.63) is 21.3 Å². The van der Waals surface area contributed by atoms with E-state index >= 15 is 0 Å². The second kappa shape index (κ2) is 5.62. The molecule has 60 valence electrons. The van der Waals surface area contributed by atoms with Crippen LogP contribution in [0.5, 0.6) is 0 Å². The lowest BCUT2D eigenvalue weighted by molar-refractivity contribution is -0.410.